The van der Waals surface area contributed by atoms with Crippen LogP contribution >= 0.6 is 11.6 Å². The summed E-state index contributed by atoms with van der Waals surface area (Å²) in [5, 5.41) is 4.24. The zero-order valence-electron chi connectivity index (χ0n) is 12.3. The summed E-state index contributed by atoms with van der Waals surface area (Å²) in [6, 6.07) is 11.7. The minimum absolute atomic E-state index is 0.520. The number of benzene rings is 2. The van der Waals surface area contributed by atoms with E-state index >= 15 is 0 Å². The Morgan fingerprint density at radius 3 is 2.65 bits per heavy atom. The Morgan fingerprint density at radius 1 is 1.10 bits per heavy atom. The highest BCUT2D eigenvalue weighted by Gasteiger charge is 2.21. The van der Waals surface area contributed by atoms with Gasteiger partial charge in [0.05, 0.1) is 0 Å². The van der Waals surface area contributed by atoms with Crippen LogP contribution in [-0.2, 0) is 6.42 Å². The van der Waals surface area contributed by atoms with Gasteiger partial charge in [0.15, 0.2) is 0 Å². The summed E-state index contributed by atoms with van der Waals surface area (Å²) in [6.45, 7) is 4.19. The molecule has 1 aliphatic rings. The molecule has 0 saturated heterocycles. The topological polar surface area (TPSA) is 12.0 Å². The molecule has 0 spiro atoms. The summed E-state index contributed by atoms with van der Waals surface area (Å²) in [5.41, 5.74) is 7.92. The highest BCUT2D eigenvalue weighted by atomic mass is 35.5. The van der Waals surface area contributed by atoms with Crippen molar-refractivity contribution in [1.82, 2.24) is 5.32 Å². The van der Waals surface area contributed by atoms with Gasteiger partial charge in [-0.05, 0) is 79.3 Å². The van der Waals surface area contributed by atoms with Crippen LogP contribution in [0.2, 0.25) is 5.02 Å². The van der Waals surface area contributed by atoms with Crippen molar-refractivity contribution in [3.05, 3.63) is 57.6 Å². The van der Waals surface area contributed by atoms with E-state index < -0.39 is 0 Å². The van der Waals surface area contributed by atoms with Crippen molar-refractivity contribution in [1.29, 1.82) is 0 Å². The molecule has 0 saturated carbocycles. The highest BCUT2D eigenvalue weighted by Crippen LogP contribution is 2.35. The molecule has 2 aromatic rings. The Hall–Kier alpha value is -1.31. The summed E-state index contributed by atoms with van der Waals surface area (Å²) in [4.78, 5) is 0. The Kier molecular flexibility index (Phi) is 3.57. The quantitative estimate of drug-likeness (QED) is 0.833. The van der Waals surface area contributed by atoms with Crippen LogP contribution in [0.3, 0.4) is 0 Å². The first-order valence-corrected chi connectivity index (χ1v) is 7.55. The highest BCUT2D eigenvalue weighted by molar-refractivity contribution is 6.31. The van der Waals surface area contributed by atoms with Crippen LogP contribution in [0.1, 0.15) is 34.7 Å². The Balaban J connectivity index is 2.06. The number of halogens is 1. The number of hydrogen-bond acceptors (Lipinski definition) is 1. The third-order valence-electron chi connectivity index (χ3n) is 4.39. The second-order valence-electron chi connectivity index (χ2n) is 5.71. The first kappa shape index (κ1) is 13.7. The van der Waals surface area contributed by atoms with Crippen LogP contribution in [0.25, 0.3) is 11.1 Å². The third-order valence-corrected chi connectivity index (χ3v) is 4.79. The van der Waals surface area contributed by atoms with Gasteiger partial charge in [-0.3, -0.25) is 0 Å². The van der Waals surface area contributed by atoms with Crippen LogP contribution < -0.4 is 5.32 Å². The molecule has 2 heteroatoms. The second kappa shape index (κ2) is 5.23. The Labute approximate surface area is 126 Å². The van der Waals surface area contributed by atoms with Crippen molar-refractivity contribution in [3.8, 4) is 11.1 Å². The van der Waals surface area contributed by atoms with E-state index in [-0.39, 0.29) is 0 Å². The smallest absolute Gasteiger partial charge is 0.0438 e. The predicted octanol–water partition coefficient (Wildman–Crippen LogP) is 4.83. The van der Waals surface area contributed by atoms with E-state index in [9.17, 15) is 0 Å². The van der Waals surface area contributed by atoms with Crippen molar-refractivity contribution in [3.63, 3.8) is 0 Å². The van der Waals surface area contributed by atoms with Gasteiger partial charge in [0.25, 0.3) is 0 Å². The molecule has 0 bridgehead atoms. The fraction of sp³-hybridized carbons (Fsp3) is 0.333. The fourth-order valence-electron chi connectivity index (χ4n) is 3.18. The standard InChI is InChI=1S/C18H20ClN/c1-11-9-17(19)12(2)8-16(11)14-4-6-15-13(10-14)5-7-18(15)20-3/h4,6,8-10,18,20H,5,7H2,1-3H3. The van der Waals surface area contributed by atoms with Crippen molar-refractivity contribution in [2.24, 2.45) is 0 Å². The lowest BCUT2D eigenvalue weighted by molar-refractivity contribution is 0.590. The molecular weight excluding hydrogens is 266 g/mol. The minimum Gasteiger partial charge on any atom is -0.313 e. The molecule has 1 unspecified atom stereocenters. The normalized spacial score (nSPS) is 17.3. The third kappa shape index (κ3) is 2.25. The molecule has 1 atom stereocenters. The SMILES string of the molecule is CNC1CCc2cc(-c3cc(C)c(Cl)cc3C)ccc21. The van der Waals surface area contributed by atoms with E-state index in [0.29, 0.717) is 6.04 Å². The van der Waals surface area contributed by atoms with Crippen molar-refractivity contribution in [2.45, 2.75) is 32.7 Å². The number of hydrogen-bond donors (Lipinski definition) is 1. The summed E-state index contributed by atoms with van der Waals surface area (Å²) in [6.07, 6.45) is 2.37. The molecular formula is C18H20ClN. The lowest BCUT2D eigenvalue weighted by Crippen LogP contribution is -2.12. The van der Waals surface area contributed by atoms with Gasteiger partial charge in [-0.15, -0.1) is 0 Å². The molecule has 20 heavy (non-hydrogen) atoms. The average Bonchev–Trinajstić information content (AvgIpc) is 2.85. The van der Waals surface area contributed by atoms with Crippen molar-refractivity contribution >= 4 is 11.6 Å². The molecule has 104 valence electrons. The Bertz CT molecular complexity index is 661. The summed E-state index contributed by atoms with van der Waals surface area (Å²) in [7, 11) is 2.04. The van der Waals surface area contributed by atoms with E-state index in [1.807, 2.05) is 7.05 Å². The largest absolute Gasteiger partial charge is 0.313 e. The molecule has 3 rings (SSSR count). The van der Waals surface area contributed by atoms with Gasteiger partial charge in [0.1, 0.15) is 0 Å². The van der Waals surface area contributed by atoms with Gasteiger partial charge in [-0.2, -0.15) is 0 Å². The van der Waals surface area contributed by atoms with E-state index in [0.717, 1.165) is 10.6 Å². The average molecular weight is 286 g/mol. The van der Waals surface area contributed by atoms with E-state index in [1.165, 1.54) is 40.7 Å². The molecule has 0 fully saturated rings. The van der Waals surface area contributed by atoms with Gasteiger partial charge in [0, 0.05) is 11.1 Å². The lowest BCUT2D eigenvalue weighted by Gasteiger charge is -2.13. The first-order chi connectivity index (χ1) is 9.60. The molecule has 1 aliphatic carbocycles. The molecule has 2 aromatic carbocycles. The van der Waals surface area contributed by atoms with Gasteiger partial charge in [0.2, 0.25) is 0 Å². The van der Waals surface area contributed by atoms with Crippen LogP contribution in [-0.4, -0.2) is 7.05 Å². The summed E-state index contributed by atoms with van der Waals surface area (Å²) in [5.74, 6) is 0. The molecule has 0 radical (unpaired) electrons. The number of aryl methyl sites for hydroxylation is 3. The first-order valence-electron chi connectivity index (χ1n) is 7.17. The zero-order chi connectivity index (χ0) is 14.3. The van der Waals surface area contributed by atoms with Gasteiger partial charge < -0.3 is 5.32 Å². The number of nitrogens with one attached hydrogen (secondary N) is 1. The molecule has 0 amide bonds. The van der Waals surface area contributed by atoms with E-state index in [1.54, 1.807) is 0 Å². The monoisotopic (exact) mass is 285 g/mol. The lowest BCUT2D eigenvalue weighted by atomic mass is 9.95. The van der Waals surface area contributed by atoms with Gasteiger partial charge >= 0.3 is 0 Å². The molecule has 0 aliphatic heterocycles. The van der Waals surface area contributed by atoms with Gasteiger partial charge in [-0.1, -0.05) is 29.8 Å². The maximum Gasteiger partial charge on any atom is 0.0438 e. The zero-order valence-corrected chi connectivity index (χ0v) is 13.0. The number of fused-ring (bicyclic) bond motifs is 1. The number of rotatable bonds is 2. The van der Waals surface area contributed by atoms with Gasteiger partial charge in [-0.25, -0.2) is 0 Å². The minimum atomic E-state index is 0.520. The van der Waals surface area contributed by atoms with Crippen LogP contribution in [0.5, 0.6) is 0 Å². The molecule has 0 aromatic heterocycles. The van der Waals surface area contributed by atoms with Crippen LogP contribution in [0.15, 0.2) is 30.3 Å². The molecule has 0 heterocycles. The maximum atomic E-state index is 6.20. The second-order valence-corrected chi connectivity index (χ2v) is 6.12. The summed E-state index contributed by atoms with van der Waals surface area (Å²) >= 11 is 6.20. The fourth-order valence-corrected chi connectivity index (χ4v) is 3.40. The van der Waals surface area contributed by atoms with E-state index in [4.69, 9.17) is 11.6 Å². The van der Waals surface area contributed by atoms with Crippen molar-refractivity contribution < 1.29 is 0 Å². The maximum absolute atomic E-state index is 6.20. The Morgan fingerprint density at radius 2 is 1.90 bits per heavy atom. The molecule has 1 nitrogen and oxygen atoms in total. The van der Waals surface area contributed by atoms with Crippen LogP contribution in [0.4, 0.5) is 0 Å². The molecule has 1 N–H and O–H groups in total. The predicted molar refractivity (Wildman–Crippen MR) is 86.5 cm³/mol. The van der Waals surface area contributed by atoms with Crippen molar-refractivity contribution in [2.75, 3.05) is 7.05 Å². The van der Waals surface area contributed by atoms with Crippen LogP contribution in [0, 0.1) is 13.8 Å². The van der Waals surface area contributed by atoms with E-state index in [2.05, 4.69) is 49.5 Å². The summed E-state index contributed by atoms with van der Waals surface area (Å²) < 4.78 is 0.